The van der Waals surface area contributed by atoms with E-state index in [4.69, 9.17) is 9.40 Å². The number of para-hydroxylation sites is 3. The van der Waals surface area contributed by atoms with Crippen molar-refractivity contribution in [1.82, 2.24) is 14.5 Å². The highest BCUT2D eigenvalue weighted by atomic mass is 16.3. The van der Waals surface area contributed by atoms with Crippen molar-refractivity contribution >= 4 is 43.9 Å². The van der Waals surface area contributed by atoms with Crippen LogP contribution in [0, 0.1) is 11.3 Å². The van der Waals surface area contributed by atoms with E-state index in [-0.39, 0.29) is 11.8 Å². The Kier molecular flexibility index (Phi) is 6.47. The highest BCUT2D eigenvalue weighted by molar-refractivity contribution is 6.08. The monoisotopic (exact) mass is 596 g/mol. The average molecular weight is 597 g/mol. The molecular formula is C41H32N4O. The highest BCUT2D eigenvalue weighted by Crippen LogP contribution is 2.42. The number of pyridine rings is 1. The number of nitriles is 1. The third kappa shape index (κ3) is 4.37. The summed E-state index contributed by atoms with van der Waals surface area (Å²) in [4.78, 5) is 9.73. The standard InChI is InChI=1S/C41H32N4O/c1-24(2)34-21-29(28-17-16-26-10-5-6-11-27(26)20-28)22-35(25(3)4)38(34)45-37-15-8-7-14-36(37)44-40(45)33-13-9-12-31-32-19-18-30(23-42)43-41(32)46-39(31)33/h5-22,24-25H,1-4H3. The molecule has 8 rings (SSSR count). The molecule has 0 unspecified atom stereocenters. The van der Waals surface area contributed by atoms with Crippen LogP contribution in [0.2, 0.25) is 0 Å². The molecule has 3 heterocycles. The van der Waals surface area contributed by atoms with Gasteiger partial charge in [-0.2, -0.15) is 5.26 Å². The van der Waals surface area contributed by atoms with Crippen LogP contribution in [-0.4, -0.2) is 14.5 Å². The number of hydrogen-bond acceptors (Lipinski definition) is 4. The summed E-state index contributed by atoms with van der Waals surface area (Å²) < 4.78 is 8.75. The van der Waals surface area contributed by atoms with E-state index < -0.39 is 0 Å². The van der Waals surface area contributed by atoms with E-state index >= 15 is 0 Å². The minimum absolute atomic E-state index is 0.248. The fraction of sp³-hybridized carbons (Fsp3) is 0.146. The molecule has 0 aliphatic carbocycles. The lowest BCUT2D eigenvalue weighted by Gasteiger charge is -2.24. The van der Waals surface area contributed by atoms with Crippen molar-refractivity contribution in [1.29, 1.82) is 5.26 Å². The Bertz CT molecular complexity index is 2480. The number of benzene rings is 5. The van der Waals surface area contributed by atoms with Crippen molar-refractivity contribution in [3.05, 3.63) is 126 Å². The van der Waals surface area contributed by atoms with Crippen molar-refractivity contribution < 1.29 is 4.42 Å². The van der Waals surface area contributed by atoms with Gasteiger partial charge in [0.25, 0.3) is 0 Å². The van der Waals surface area contributed by atoms with Crippen LogP contribution in [-0.2, 0) is 0 Å². The number of furan rings is 1. The predicted octanol–water partition coefficient (Wildman–Crippen LogP) is 10.9. The molecule has 0 aliphatic heterocycles. The summed E-state index contributed by atoms with van der Waals surface area (Å²) in [5.74, 6) is 1.31. The van der Waals surface area contributed by atoms with Gasteiger partial charge in [0.2, 0.25) is 5.71 Å². The molecule has 46 heavy (non-hydrogen) atoms. The van der Waals surface area contributed by atoms with Crippen LogP contribution in [0.25, 0.3) is 72.1 Å². The third-order valence-electron chi connectivity index (χ3n) is 9.00. The molecule has 0 aliphatic rings. The summed E-state index contributed by atoms with van der Waals surface area (Å²) in [7, 11) is 0. The van der Waals surface area contributed by atoms with Crippen LogP contribution in [0.3, 0.4) is 0 Å². The third-order valence-corrected chi connectivity index (χ3v) is 9.00. The molecule has 222 valence electrons. The second-order valence-electron chi connectivity index (χ2n) is 12.6. The molecule has 0 spiro atoms. The summed E-state index contributed by atoms with van der Waals surface area (Å²) in [6.07, 6.45) is 0. The Balaban J connectivity index is 1.43. The lowest BCUT2D eigenvalue weighted by molar-refractivity contribution is 0.654. The predicted molar refractivity (Wildman–Crippen MR) is 187 cm³/mol. The van der Waals surface area contributed by atoms with Crippen LogP contribution in [0.4, 0.5) is 0 Å². The molecule has 0 fully saturated rings. The van der Waals surface area contributed by atoms with E-state index in [0.29, 0.717) is 17.0 Å². The summed E-state index contributed by atoms with van der Waals surface area (Å²) in [5, 5.41) is 13.8. The number of nitrogens with zero attached hydrogens (tertiary/aromatic N) is 4. The summed E-state index contributed by atoms with van der Waals surface area (Å²) in [5.41, 5.74) is 10.4. The maximum Gasteiger partial charge on any atom is 0.228 e. The Morgan fingerprint density at radius 2 is 1.41 bits per heavy atom. The fourth-order valence-corrected chi connectivity index (χ4v) is 6.70. The zero-order valence-electron chi connectivity index (χ0n) is 26.2. The van der Waals surface area contributed by atoms with Crippen molar-refractivity contribution in [2.45, 2.75) is 39.5 Å². The molecule has 0 N–H and O–H groups in total. The van der Waals surface area contributed by atoms with Crippen LogP contribution in [0.5, 0.6) is 0 Å². The largest absolute Gasteiger partial charge is 0.437 e. The second-order valence-corrected chi connectivity index (χ2v) is 12.6. The Morgan fingerprint density at radius 1 is 0.674 bits per heavy atom. The van der Waals surface area contributed by atoms with Gasteiger partial charge in [-0.3, -0.25) is 4.57 Å². The maximum absolute atomic E-state index is 9.46. The molecule has 5 nitrogen and oxygen atoms in total. The van der Waals surface area contributed by atoms with Gasteiger partial charge in [-0.25, -0.2) is 9.97 Å². The zero-order valence-corrected chi connectivity index (χ0v) is 26.2. The Hall–Kier alpha value is -5.73. The average Bonchev–Trinajstić information content (AvgIpc) is 3.65. The first kappa shape index (κ1) is 27.8. The summed E-state index contributed by atoms with van der Waals surface area (Å²) in [6, 6.07) is 40.3. The number of aromatic nitrogens is 3. The van der Waals surface area contributed by atoms with E-state index in [9.17, 15) is 5.26 Å². The number of hydrogen-bond donors (Lipinski definition) is 0. The minimum Gasteiger partial charge on any atom is -0.437 e. The van der Waals surface area contributed by atoms with Gasteiger partial charge in [0.1, 0.15) is 23.2 Å². The van der Waals surface area contributed by atoms with Gasteiger partial charge < -0.3 is 4.42 Å². The first-order chi connectivity index (χ1) is 22.4. The van der Waals surface area contributed by atoms with E-state index in [0.717, 1.165) is 38.9 Å². The van der Waals surface area contributed by atoms with E-state index in [1.807, 2.05) is 24.3 Å². The SMILES string of the molecule is CC(C)c1cc(-c2ccc3ccccc3c2)cc(C(C)C)c1-n1c(-c2cccc3c2oc2nc(C#N)ccc23)nc2ccccc21. The number of imidazole rings is 1. The molecule has 3 aromatic heterocycles. The lowest BCUT2D eigenvalue weighted by Crippen LogP contribution is -2.09. The van der Waals surface area contributed by atoms with Crippen molar-refractivity contribution in [2.24, 2.45) is 0 Å². The van der Waals surface area contributed by atoms with Crippen LogP contribution in [0.15, 0.2) is 114 Å². The van der Waals surface area contributed by atoms with Crippen LogP contribution < -0.4 is 0 Å². The second kappa shape index (κ2) is 10.7. The lowest BCUT2D eigenvalue weighted by atomic mass is 9.87. The topological polar surface area (TPSA) is 67.6 Å². The van der Waals surface area contributed by atoms with Crippen LogP contribution >= 0.6 is 0 Å². The maximum atomic E-state index is 9.46. The molecule has 0 saturated heterocycles. The number of rotatable bonds is 5. The highest BCUT2D eigenvalue weighted by Gasteiger charge is 2.25. The molecule has 5 aromatic carbocycles. The van der Waals surface area contributed by atoms with Gasteiger partial charge in [0.05, 0.1) is 22.3 Å². The zero-order chi connectivity index (χ0) is 31.5. The van der Waals surface area contributed by atoms with Gasteiger partial charge in [0.15, 0.2) is 0 Å². The number of fused-ring (bicyclic) bond motifs is 5. The molecule has 0 saturated carbocycles. The van der Waals surface area contributed by atoms with Gasteiger partial charge in [-0.05, 0) is 93.4 Å². The van der Waals surface area contributed by atoms with Crippen molar-refractivity contribution in [2.75, 3.05) is 0 Å². The molecule has 8 aromatic rings. The quantitative estimate of drug-likeness (QED) is 0.198. The van der Waals surface area contributed by atoms with Gasteiger partial charge in [-0.15, -0.1) is 0 Å². The summed E-state index contributed by atoms with van der Waals surface area (Å²) >= 11 is 0. The molecule has 0 atom stereocenters. The molecule has 0 radical (unpaired) electrons. The molecular weight excluding hydrogens is 564 g/mol. The fourth-order valence-electron chi connectivity index (χ4n) is 6.70. The smallest absolute Gasteiger partial charge is 0.228 e. The van der Waals surface area contributed by atoms with E-state index in [1.165, 1.54) is 33.0 Å². The first-order valence-electron chi connectivity index (χ1n) is 15.8. The first-order valence-corrected chi connectivity index (χ1v) is 15.8. The summed E-state index contributed by atoms with van der Waals surface area (Å²) in [6.45, 7) is 9.07. The van der Waals surface area contributed by atoms with Crippen molar-refractivity contribution in [3.8, 4) is 34.3 Å². The Morgan fingerprint density at radius 3 is 2.17 bits per heavy atom. The van der Waals surface area contributed by atoms with Crippen molar-refractivity contribution in [3.63, 3.8) is 0 Å². The van der Waals surface area contributed by atoms with Gasteiger partial charge in [-0.1, -0.05) is 88.4 Å². The molecule has 5 heteroatoms. The van der Waals surface area contributed by atoms with Crippen LogP contribution in [0.1, 0.15) is 56.4 Å². The van der Waals surface area contributed by atoms with E-state index in [2.05, 4.69) is 122 Å². The molecule has 0 amide bonds. The minimum atomic E-state index is 0.248. The van der Waals surface area contributed by atoms with Gasteiger partial charge >= 0.3 is 0 Å². The van der Waals surface area contributed by atoms with E-state index in [1.54, 1.807) is 6.07 Å². The Labute approximate surface area is 267 Å². The molecule has 0 bridgehead atoms. The van der Waals surface area contributed by atoms with Gasteiger partial charge in [0, 0.05) is 10.8 Å². The normalized spacial score (nSPS) is 11.8.